The molecule has 0 spiro atoms. The summed E-state index contributed by atoms with van der Waals surface area (Å²) >= 11 is 1.20. The van der Waals surface area contributed by atoms with E-state index in [1.165, 1.54) is 11.3 Å². The minimum atomic E-state index is 0.169. The third-order valence-electron chi connectivity index (χ3n) is 1.66. The van der Waals surface area contributed by atoms with Crippen LogP contribution in [0.4, 0.5) is 0 Å². The Morgan fingerprint density at radius 2 is 2.60 bits per heavy atom. The SMILES string of the molecule is [3H]c1nc2c(s1)C(=O)CCC2. The zero-order chi connectivity index (χ0) is 7.84. The molecule has 0 N–H and O–H groups in total. The van der Waals surface area contributed by atoms with E-state index in [2.05, 4.69) is 4.98 Å². The smallest absolute Gasteiger partial charge is 0.174 e. The Hall–Kier alpha value is -0.700. The predicted octanol–water partition coefficient (Wildman–Crippen LogP) is 1.66. The van der Waals surface area contributed by atoms with Gasteiger partial charge in [0.1, 0.15) is 0 Å². The van der Waals surface area contributed by atoms with Crippen LogP contribution in [-0.2, 0) is 6.42 Å². The van der Waals surface area contributed by atoms with E-state index >= 15 is 0 Å². The highest BCUT2D eigenvalue weighted by molar-refractivity contribution is 7.12. The third kappa shape index (κ3) is 0.778. The number of carbonyl (C=O) groups excluding carboxylic acids is 1. The number of carbonyl (C=O) groups is 1. The van der Waals surface area contributed by atoms with Crippen LogP contribution in [-0.4, -0.2) is 10.8 Å². The van der Waals surface area contributed by atoms with Crippen LogP contribution >= 0.6 is 11.3 Å². The van der Waals surface area contributed by atoms with Crippen LogP contribution in [0.2, 0.25) is 0 Å². The van der Waals surface area contributed by atoms with E-state index < -0.39 is 0 Å². The summed E-state index contributed by atoms with van der Waals surface area (Å²) in [6.45, 7) is 0. The maximum atomic E-state index is 11.2. The molecule has 2 rings (SSSR count). The van der Waals surface area contributed by atoms with Crippen LogP contribution in [0.25, 0.3) is 0 Å². The second kappa shape index (κ2) is 2.16. The lowest BCUT2D eigenvalue weighted by atomic mass is 10.0. The van der Waals surface area contributed by atoms with Crippen LogP contribution in [0, 0.1) is 0 Å². The van der Waals surface area contributed by atoms with Gasteiger partial charge in [0, 0.05) is 6.42 Å². The molecule has 1 aliphatic rings. The van der Waals surface area contributed by atoms with E-state index in [0.717, 1.165) is 23.4 Å². The molecule has 1 aromatic heterocycles. The molecule has 0 fully saturated rings. The molecule has 1 aliphatic carbocycles. The lowest BCUT2D eigenvalue weighted by molar-refractivity contribution is 0.0976. The monoisotopic (exact) mass is 155 g/mol. The first-order valence-corrected chi connectivity index (χ1v) is 4.08. The molecule has 0 saturated carbocycles. The maximum Gasteiger partial charge on any atom is 0.174 e. The molecule has 0 aliphatic heterocycles. The van der Waals surface area contributed by atoms with Gasteiger partial charge in [-0.25, -0.2) is 4.98 Å². The van der Waals surface area contributed by atoms with Crippen molar-refractivity contribution in [1.82, 2.24) is 4.98 Å². The number of aromatic nitrogens is 1. The Morgan fingerprint density at radius 3 is 3.40 bits per heavy atom. The van der Waals surface area contributed by atoms with Crippen molar-refractivity contribution in [2.45, 2.75) is 19.3 Å². The lowest BCUT2D eigenvalue weighted by Crippen LogP contribution is -2.07. The number of hydrogen-bond acceptors (Lipinski definition) is 3. The molecule has 3 heteroatoms. The highest BCUT2D eigenvalue weighted by Crippen LogP contribution is 2.22. The summed E-state index contributed by atoms with van der Waals surface area (Å²) in [7, 11) is 0. The Morgan fingerprint density at radius 1 is 1.70 bits per heavy atom. The second-order valence-corrected chi connectivity index (χ2v) is 3.15. The fourth-order valence-electron chi connectivity index (χ4n) is 1.15. The number of hydrogen-bond donors (Lipinski definition) is 0. The fourth-order valence-corrected chi connectivity index (χ4v) is 1.88. The van der Waals surface area contributed by atoms with E-state index in [1.807, 2.05) is 0 Å². The quantitative estimate of drug-likeness (QED) is 0.570. The van der Waals surface area contributed by atoms with Gasteiger partial charge in [-0.3, -0.25) is 4.79 Å². The lowest BCUT2D eigenvalue weighted by Gasteiger charge is -2.06. The van der Waals surface area contributed by atoms with Gasteiger partial charge in [-0.05, 0) is 12.8 Å². The number of thiazole rings is 1. The molecule has 10 heavy (non-hydrogen) atoms. The topological polar surface area (TPSA) is 30.0 Å². The van der Waals surface area contributed by atoms with E-state index in [0.29, 0.717) is 6.42 Å². The average molecular weight is 155 g/mol. The summed E-state index contributed by atoms with van der Waals surface area (Å²) in [5.41, 5.74) is 1.11. The van der Waals surface area contributed by atoms with Gasteiger partial charge in [0.2, 0.25) is 0 Å². The van der Waals surface area contributed by atoms with E-state index in [9.17, 15) is 4.79 Å². The van der Waals surface area contributed by atoms with Gasteiger partial charge in [-0.15, -0.1) is 11.3 Å². The van der Waals surface area contributed by atoms with Crippen LogP contribution in [0.5, 0.6) is 0 Å². The largest absolute Gasteiger partial charge is 0.293 e. The van der Waals surface area contributed by atoms with Crippen molar-refractivity contribution in [1.29, 1.82) is 0 Å². The Balaban J connectivity index is 2.52. The van der Waals surface area contributed by atoms with Gasteiger partial charge in [0.15, 0.2) is 5.78 Å². The number of Topliss-reactive ketones (excluding diaryl/α,β-unsaturated/α-hetero) is 1. The summed E-state index contributed by atoms with van der Waals surface area (Å²) in [5, 5.41) is 0. The molecule has 0 aromatic carbocycles. The van der Waals surface area contributed by atoms with Crippen LogP contribution in [0.15, 0.2) is 5.49 Å². The van der Waals surface area contributed by atoms with Gasteiger partial charge >= 0.3 is 0 Å². The first-order chi connectivity index (χ1) is 5.27. The molecule has 0 radical (unpaired) electrons. The zero-order valence-corrected chi connectivity index (χ0v) is 6.20. The van der Waals surface area contributed by atoms with Gasteiger partial charge in [0.25, 0.3) is 0 Å². The van der Waals surface area contributed by atoms with Gasteiger partial charge < -0.3 is 0 Å². The highest BCUT2D eigenvalue weighted by Gasteiger charge is 2.18. The molecule has 1 heterocycles. The van der Waals surface area contributed by atoms with Crippen LogP contribution < -0.4 is 0 Å². The Labute approximate surface area is 64.3 Å². The van der Waals surface area contributed by atoms with Gasteiger partial charge in [0.05, 0.1) is 17.4 Å². The fraction of sp³-hybridized carbons (Fsp3) is 0.429. The van der Waals surface area contributed by atoms with Crippen molar-refractivity contribution in [3.05, 3.63) is 16.1 Å². The number of fused-ring (bicyclic) bond motifs is 1. The Kier molecular flexibility index (Phi) is 1.09. The maximum absolute atomic E-state index is 11.2. The van der Waals surface area contributed by atoms with Crippen molar-refractivity contribution in [3.8, 4) is 0 Å². The molecule has 0 saturated heterocycles. The first kappa shape index (κ1) is 5.02. The number of aryl methyl sites for hydroxylation is 1. The minimum Gasteiger partial charge on any atom is -0.293 e. The number of nitrogens with zero attached hydrogens (tertiary/aromatic N) is 1. The highest BCUT2D eigenvalue weighted by atomic mass is 32.1. The predicted molar refractivity (Wildman–Crippen MR) is 39.4 cm³/mol. The van der Waals surface area contributed by atoms with E-state index in [4.69, 9.17) is 1.37 Å². The van der Waals surface area contributed by atoms with E-state index in [-0.39, 0.29) is 11.3 Å². The number of rotatable bonds is 0. The van der Waals surface area contributed by atoms with E-state index in [1.54, 1.807) is 0 Å². The summed E-state index contributed by atoms with van der Waals surface area (Å²) < 4.78 is 7.24. The molecule has 2 nitrogen and oxygen atoms in total. The van der Waals surface area contributed by atoms with Crippen LogP contribution in [0.3, 0.4) is 0 Å². The third-order valence-corrected chi connectivity index (χ3v) is 2.51. The molecular weight excluding hydrogens is 146 g/mol. The van der Waals surface area contributed by atoms with Crippen molar-refractivity contribution in [2.75, 3.05) is 0 Å². The summed E-state index contributed by atoms with van der Waals surface area (Å²) in [6.07, 6.45) is 2.40. The summed E-state index contributed by atoms with van der Waals surface area (Å²) in [5.74, 6) is 0.169. The minimum absolute atomic E-state index is 0.169. The van der Waals surface area contributed by atoms with Gasteiger partial charge in [-0.2, -0.15) is 0 Å². The molecular formula is C7H7NOS. The first-order valence-electron chi connectivity index (χ1n) is 3.77. The average Bonchev–Trinajstić information content (AvgIpc) is 2.31. The van der Waals surface area contributed by atoms with Crippen LogP contribution in [0.1, 0.15) is 29.6 Å². The van der Waals surface area contributed by atoms with Crippen molar-refractivity contribution >= 4 is 17.1 Å². The van der Waals surface area contributed by atoms with Gasteiger partial charge in [-0.1, -0.05) is 0 Å². The standard InChI is InChI=1S/C7H7NOS/c9-6-3-1-2-5-7(6)10-4-8-5/h4H,1-3H2/i4T. The molecule has 0 atom stereocenters. The molecule has 52 valence electrons. The molecule has 0 amide bonds. The summed E-state index contributed by atoms with van der Waals surface area (Å²) in [6, 6.07) is 0. The second-order valence-electron chi connectivity index (χ2n) is 2.36. The Bertz CT molecular complexity index is 307. The van der Waals surface area contributed by atoms with Crippen molar-refractivity contribution < 1.29 is 6.17 Å². The van der Waals surface area contributed by atoms with Crippen molar-refractivity contribution in [2.24, 2.45) is 0 Å². The number of ketones is 1. The van der Waals surface area contributed by atoms with Crippen molar-refractivity contribution in [3.63, 3.8) is 0 Å². The molecule has 0 bridgehead atoms. The molecule has 0 unspecified atom stereocenters. The molecule has 1 aromatic rings. The normalized spacial score (nSPS) is 18.4. The summed E-state index contributed by atoms with van der Waals surface area (Å²) in [4.78, 5) is 15.9. The zero-order valence-electron chi connectivity index (χ0n) is 6.39.